The van der Waals surface area contributed by atoms with Crippen LogP contribution in [0.5, 0.6) is 0 Å². The number of allylic oxidation sites excluding steroid dienone is 3. The van der Waals surface area contributed by atoms with Gasteiger partial charge in [-0.05, 0) is 18.4 Å². The van der Waals surface area contributed by atoms with Gasteiger partial charge >= 0.3 is 0 Å². The van der Waals surface area contributed by atoms with E-state index in [-0.39, 0.29) is 18.4 Å². The third kappa shape index (κ3) is 2.46. The Kier molecular flexibility index (Phi) is 2.85. The Labute approximate surface area is 88.4 Å². The zero-order chi connectivity index (χ0) is 10.7. The number of rotatable bonds is 2. The lowest BCUT2D eigenvalue weighted by molar-refractivity contribution is -0.133. The van der Waals surface area contributed by atoms with Crippen molar-refractivity contribution in [3.05, 3.63) is 23.8 Å². The first kappa shape index (κ1) is 9.96. The van der Waals surface area contributed by atoms with Crippen LogP contribution in [0.25, 0.3) is 0 Å². The minimum absolute atomic E-state index is 0.0885. The molecular formula is C11H14N2O2. The highest BCUT2D eigenvalue weighted by atomic mass is 16.2. The average Bonchev–Trinajstić information content (AvgIpc) is 2.25. The van der Waals surface area contributed by atoms with Crippen LogP contribution in [0.15, 0.2) is 23.8 Å². The van der Waals surface area contributed by atoms with Crippen LogP contribution in [0.3, 0.4) is 0 Å². The van der Waals surface area contributed by atoms with Gasteiger partial charge in [0.1, 0.15) is 6.04 Å². The lowest BCUT2D eigenvalue weighted by Gasteiger charge is -2.23. The SMILES string of the molecule is O=C1CNC(=O)C(CC2=CCCC=C2)N1. The van der Waals surface area contributed by atoms with Crippen molar-refractivity contribution in [2.45, 2.75) is 25.3 Å². The summed E-state index contributed by atoms with van der Waals surface area (Å²) in [7, 11) is 0. The molecule has 0 bridgehead atoms. The van der Waals surface area contributed by atoms with Crippen molar-refractivity contribution in [1.29, 1.82) is 0 Å². The van der Waals surface area contributed by atoms with Crippen molar-refractivity contribution < 1.29 is 9.59 Å². The van der Waals surface area contributed by atoms with Crippen molar-refractivity contribution in [2.75, 3.05) is 6.54 Å². The van der Waals surface area contributed by atoms with Crippen LogP contribution in [0.2, 0.25) is 0 Å². The Morgan fingerprint density at radius 2 is 2.20 bits per heavy atom. The molecule has 1 aliphatic heterocycles. The molecule has 0 saturated carbocycles. The van der Waals surface area contributed by atoms with Crippen molar-refractivity contribution in [3.8, 4) is 0 Å². The summed E-state index contributed by atoms with van der Waals surface area (Å²) in [6.45, 7) is 0.101. The van der Waals surface area contributed by atoms with E-state index in [0.29, 0.717) is 6.42 Å². The molecule has 2 amide bonds. The summed E-state index contributed by atoms with van der Waals surface area (Å²) in [6.07, 6.45) is 8.92. The van der Waals surface area contributed by atoms with Crippen molar-refractivity contribution in [3.63, 3.8) is 0 Å². The summed E-state index contributed by atoms with van der Waals surface area (Å²) in [5.74, 6) is -0.200. The summed E-state index contributed by atoms with van der Waals surface area (Å²) in [5, 5.41) is 5.26. The van der Waals surface area contributed by atoms with Crippen LogP contribution in [-0.2, 0) is 9.59 Å². The highest BCUT2D eigenvalue weighted by Gasteiger charge is 2.26. The molecule has 0 aromatic carbocycles. The molecule has 1 saturated heterocycles. The number of hydrogen-bond donors (Lipinski definition) is 2. The molecule has 1 heterocycles. The van der Waals surface area contributed by atoms with E-state index in [4.69, 9.17) is 0 Å². The van der Waals surface area contributed by atoms with Gasteiger partial charge in [0, 0.05) is 6.42 Å². The molecular weight excluding hydrogens is 192 g/mol. The average molecular weight is 206 g/mol. The molecule has 2 rings (SSSR count). The Morgan fingerprint density at radius 3 is 2.93 bits per heavy atom. The first-order chi connectivity index (χ1) is 7.25. The van der Waals surface area contributed by atoms with Crippen molar-refractivity contribution in [1.82, 2.24) is 10.6 Å². The van der Waals surface area contributed by atoms with E-state index in [1.165, 1.54) is 0 Å². The maximum Gasteiger partial charge on any atom is 0.243 e. The summed E-state index contributed by atoms with van der Waals surface area (Å²) >= 11 is 0. The molecule has 0 radical (unpaired) electrons. The highest BCUT2D eigenvalue weighted by Crippen LogP contribution is 2.15. The van der Waals surface area contributed by atoms with Gasteiger partial charge in [0.05, 0.1) is 6.54 Å². The first-order valence-electron chi connectivity index (χ1n) is 5.18. The molecule has 1 aliphatic carbocycles. The second-order valence-corrected chi connectivity index (χ2v) is 3.80. The van der Waals surface area contributed by atoms with Gasteiger partial charge in [-0.15, -0.1) is 0 Å². The third-order valence-electron chi connectivity index (χ3n) is 2.59. The molecule has 1 atom stereocenters. The highest BCUT2D eigenvalue weighted by molar-refractivity contribution is 5.94. The van der Waals surface area contributed by atoms with Crippen LogP contribution >= 0.6 is 0 Å². The summed E-state index contributed by atoms with van der Waals surface area (Å²) in [6, 6.07) is -0.403. The predicted molar refractivity (Wildman–Crippen MR) is 56.0 cm³/mol. The fourth-order valence-corrected chi connectivity index (χ4v) is 1.80. The smallest absolute Gasteiger partial charge is 0.243 e. The van der Waals surface area contributed by atoms with E-state index >= 15 is 0 Å². The summed E-state index contributed by atoms with van der Waals surface area (Å²) in [4.78, 5) is 22.5. The minimum Gasteiger partial charge on any atom is -0.345 e. The van der Waals surface area contributed by atoms with Gasteiger partial charge in [-0.2, -0.15) is 0 Å². The molecule has 4 heteroatoms. The molecule has 0 aromatic rings. The molecule has 0 spiro atoms. The molecule has 2 N–H and O–H groups in total. The van der Waals surface area contributed by atoms with Crippen LogP contribution in [0.1, 0.15) is 19.3 Å². The topological polar surface area (TPSA) is 58.2 Å². The van der Waals surface area contributed by atoms with Gasteiger partial charge in [0.15, 0.2) is 0 Å². The van der Waals surface area contributed by atoms with Crippen LogP contribution < -0.4 is 10.6 Å². The van der Waals surface area contributed by atoms with Crippen molar-refractivity contribution in [2.24, 2.45) is 0 Å². The molecule has 15 heavy (non-hydrogen) atoms. The molecule has 0 aromatic heterocycles. The number of hydrogen-bond acceptors (Lipinski definition) is 2. The second-order valence-electron chi connectivity index (χ2n) is 3.80. The Hall–Kier alpha value is -1.58. The maximum atomic E-state index is 11.4. The van der Waals surface area contributed by atoms with Gasteiger partial charge in [0.2, 0.25) is 11.8 Å². The Balaban J connectivity index is 1.97. The van der Waals surface area contributed by atoms with Crippen molar-refractivity contribution >= 4 is 11.8 Å². The van der Waals surface area contributed by atoms with E-state index in [1.54, 1.807) is 0 Å². The molecule has 80 valence electrons. The van der Waals surface area contributed by atoms with Crippen LogP contribution in [-0.4, -0.2) is 24.4 Å². The predicted octanol–water partition coefficient (Wildman–Crippen LogP) is 0.267. The van der Waals surface area contributed by atoms with E-state index < -0.39 is 6.04 Å². The van der Waals surface area contributed by atoms with Crippen LogP contribution in [0, 0.1) is 0 Å². The van der Waals surface area contributed by atoms with E-state index in [0.717, 1.165) is 18.4 Å². The molecule has 1 unspecified atom stereocenters. The number of piperazine rings is 1. The van der Waals surface area contributed by atoms with E-state index in [9.17, 15) is 9.59 Å². The summed E-state index contributed by atoms with van der Waals surface area (Å²) in [5.41, 5.74) is 1.13. The summed E-state index contributed by atoms with van der Waals surface area (Å²) < 4.78 is 0. The Bertz CT molecular complexity index is 344. The zero-order valence-electron chi connectivity index (χ0n) is 8.45. The largest absolute Gasteiger partial charge is 0.345 e. The lowest BCUT2D eigenvalue weighted by atomic mass is 9.99. The number of carbonyl (C=O) groups excluding carboxylic acids is 2. The molecule has 2 aliphatic rings. The number of carbonyl (C=O) groups is 2. The monoisotopic (exact) mass is 206 g/mol. The minimum atomic E-state index is -0.403. The quantitative estimate of drug-likeness (QED) is 0.681. The fourth-order valence-electron chi connectivity index (χ4n) is 1.80. The molecule has 4 nitrogen and oxygen atoms in total. The normalized spacial score (nSPS) is 25.6. The van der Waals surface area contributed by atoms with Gasteiger partial charge < -0.3 is 10.6 Å². The van der Waals surface area contributed by atoms with Crippen LogP contribution in [0.4, 0.5) is 0 Å². The number of nitrogens with one attached hydrogen (secondary N) is 2. The maximum absolute atomic E-state index is 11.4. The van der Waals surface area contributed by atoms with Gasteiger partial charge in [-0.1, -0.05) is 18.2 Å². The number of amides is 2. The zero-order valence-corrected chi connectivity index (χ0v) is 8.45. The lowest BCUT2D eigenvalue weighted by Crippen LogP contribution is -2.56. The van der Waals surface area contributed by atoms with Gasteiger partial charge in [-0.3, -0.25) is 9.59 Å². The van der Waals surface area contributed by atoms with Gasteiger partial charge in [0.25, 0.3) is 0 Å². The van der Waals surface area contributed by atoms with Gasteiger partial charge in [-0.25, -0.2) is 0 Å². The third-order valence-corrected chi connectivity index (χ3v) is 2.59. The second kappa shape index (κ2) is 4.29. The molecule has 1 fully saturated rings. The standard InChI is InChI=1S/C11H14N2O2/c14-10-7-12-11(15)9(13-10)6-8-4-2-1-3-5-8/h2,4-5,9H,1,3,6-7H2,(H,12,15)(H,13,14). The first-order valence-corrected chi connectivity index (χ1v) is 5.18. The van der Waals surface area contributed by atoms with E-state index in [1.807, 2.05) is 6.08 Å². The Morgan fingerprint density at radius 1 is 1.33 bits per heavy atom. The fraction of sp³-hybridized carbons (Fsp3) is 0.455. The van der Waals surface area contributed by atoms with E-state index in [2.05, 4.69) is 22.8 Å².